The fourth-order valence-corrected chi connectivity index (χ4v) is 4.59. The number of furan rings is 1. The molecule has 32 heavy (non-hydrogen) atoms. The lowest BCUT2D eigenvalue weighted by Crippen LogP contribution is -2.36. The van der Waals surface area contributed by atoms with Crippen LogP contribution in [0.1, 0.15) is 5.56 Å². The number of fused-ring (bicyclic) bond motifs is 1. The molecule has 5 rings (SSSR count). The van der Waals surface area contributed by atoms with Crippen molar-refractivity contribution in [3.05, 3.63) is 58.6 Å². The monoisotopic (exact) mass is 451 g/mol. The van der Waals surface area contributed by atoms with Crippen LogP contribution in [0.3, 0.4) is 0 Å². The second-order valence-electron chi connectivity index (χ2n) is 7.48. The Kier molecular flexibility index (Phi) is 5.46. The summed E-state index contributed by atoms with van der Waals surface area (Å²) in [6, 6.07) is 11.0. The summed E-state index contributed by atoms with van der Waals surface area (Å²) in [4.78, 5) is 32.5. The summed E-state index contributed by atoms with van der Waals surface area (Å²) in [6.45, 7) is 4.37. The molecule has 0 atom stereocenters. The molecule has 1 amide bonds. The van der Waals surface area contributed by atoms with Crippen LogP contribution in [0.15, 0.2) is 51.9 Å². The van der Waals surface area contributed by atoms with E-state index in [0.717, 1.165) is 15.4 Å². The van der Waals surface area contributed by atoms with Gasteiger partial charge in [-0.05, 0) is 31.2 Å². The average Bonchev–Trinajstić information content (AvgIpc) is 3.49. The third-order valence-corrected chi connectivity index (χ3v) is 6.28. The predicted octanol–water partition coefficient (Wildman–Crippen LogP) is 2.90. The number of morpholine rings is 1. The van der Waals surface area contributed by atoms with Gasteiger partial charge in [0.1, 0.15) is 12.2 Å². The molecule has 4 aromatic rings. The first-order chi connectivity index (χ1) is 15.6. The molecular weight excluding hydrogens is 430 g/mol. The van der Waals surface area contributed by atoms with Crippen molar-refractivity contribution in [3.63, 3.8) is 0 Å². The van der Waals surface area contributed by atoms with Crippen LogP contribution in [0.2, 0.25) is 0 Å². The number of nitrogens with one attached hydrogen (secondary N) is 1. The number of thiazole rings is 1. The second-order valence-corrected chi connectivity index (χ2v) is 8.45. The molecule has 0 unspecified atom stereocenters. The van der Waals surface area contributed by atoms with Gasteiger partial charge in [-0.1, -0.05) is 29.0 Å². The van der Waals surface area contributed by atoms with Crippen LogP contribution in [-0.2, 0) is 16.1 Å². The van der Waals surface area contributed by atoms with E-state index in [2.05, 4.69) is 20.3 Å². The van der Waals surface area contributed by atoms with Gasteiger partial charge in [0.15, 0.2) is 16.4 Å². The molecule has 10 heteroatoms. The van der Waals surface area contributed by atoms with E-state index in [0.29, 0.717) is 48.1 Å². The van der Waals surface area contributed by atoms with Crippen LogP contribution in [-0.4, -0.2) is 47.0 Å². The number of carbonyl (C=O) groups excluding carboxylic acids is 1. The van der Waals surface area contributed by atoms with Crippen molar-refractivity contribution < 1.29 is 13.9 Å². The Morgan fingerprint density at radius 2 is 1.97 bits per heavy atom. The predicted molar refractivity (Wildman–Crippen MR) is 122 cm³/mol. The van der Waals surface area contributed by atoms with Crippen molar-refractivity contribution in [2.75, 3.05) is 36.5 Å². The van der Waals surface area contributed by atoms with Gasteiger partial charge < -0.3 is 19.4 Å². The first-order valence-electron chi connectivity index (χ1n) is 10.2. The van der Waals surface area contributed by atoms with E-state index in [-0.39, 0.29) is 18.0 Å². The first-order valence-corrected chi connectivity index (χ1v) is 11.0. The van der Waals surface area contributed by atoms with Gasteiger partial charge in [0.25, 0.3) is 5.56 Å². The van der Waals surface area contributed by atoms with Crippen molar-refractivity contribution in [3.8, 4) is 11.5 Å². The molecule has 1 fully saturated rings. The van der Waals surface area contributed by atoms with Crippen LogP contribution in [0.25, 0.3) is 21.7 Å². The number of aryl methyl sites for hydroxylation is 1. The molecule has 0 bridgehead atoms. The van der Waals surface area contributed by atoms with Crippen molar-refractivity contribution in [2.24, 2.45) is 0 Å². The standard InChI is InChI=1S/C22H21N5O4S/c1-14-4-6-15(7-5-14)23-17(28)13-27-21(29)19-20(18(25-27)16-3-2-10-31-16)32-22(24-19)26-8-11-30-12-9-26/h2-7,10H,8-9,11-13H2,1H3,(H,23,28). The molecule has 1 aromatic carbocycles. The molecular formula is C22H21N5O4S. The Balaban J connectivity index is 1.52. The quantitative estimate of drug-likeness (QED) is 0.498. The SMILES string of the molecule is Cc1ccc(NC(=O)Cn2nc(-c3ccco3)c3sc(N4CCOCC4)nc3c2=O)cc1. The number of aromatic nitrogens is 3. The highest BCUT2D eigenvalue weighted by Crippen LogP contribution is 2.34. The molecule has 1 aliphatic heterocycles. The Morgan fingerprint density at radius 1 is 1.19 bits per heavy atom. The first kappa shape index (κ1) is 20.4. The molecule has 9 nitrogen and oxygen atoms in total. The van der Waals surface area contributed by atoms with Gasteiger partial charge in [-0.2, -0.15) is 5.10 Å². The van der Waals surface area contributed by atoms with E-state index in [1.807, 2.05) is 31.2 Å². The number of hydrogen-bond donors (Lipinski definition) is 1. The zero-order valence-electron chi connectivity index (χ0n) is 17.4. The van der Waals surface area contributed by atoms with Gasteiger partial charge in [-0.3, -0.25) is 9.59 Å². The Labute approximate surface area is 187 Å². The van der Waals surface area contributed by atoms with Gasteiger partial charge in [0, 0.05) is 18.8 Å². The highest BCUT2D eigenvalue weighted by Gasteiger charge is 2.23. The number of anilines is 2. The zero-order chi connectivity index (χ0) is 22.1. The lowest BCUT2D eigenvalue weighted by atomic mass is 10.2. The number of amides is 1. The molecule has 0 radical (unpaired) electrons. The normalized spacial score (nSPS) is 14.1. The number of nitrogens with zero attached hydrogens (tertiary/aromatic N) is 4. The Hall–Kier alpha value is -3.50. The maximum atomic E-state index is 13.2. The van der Waals surface area contributed by atoms with E-state index >= 15 is 0 Å². The summed E-state index contributed by atoms with van der Waals surface area (Å²) in [6.07, 6.45) is 1.55. The van der Waals surface area contributed by atoms with E-state index in [9.17, 15) is 9.59 Å². The molecule has 0 aliphatic carbocycles. The van der Waals surface area contributed by atoms with Crippen molar-refractivity contribution in [1.82, 2.24) is 14.8 Å². The van der Waals surface area contributed by atoms with Gasteiger partial charge >= 0.3 is 0 Å². The number of hydrogen-bond acceptors (Lipinski definition) is 8. The lowest BCUT2D eigenvalue weighted by molar-refractivity contribution is -0.117. The Bertz CT molecular complexity index is 1300. The van der Waals surface area contributed by atoms with Gasteiger partial charge in [0.2, 0.25) is 5.91 Å². The number of rotatable bonds is 5. The van der Waals surface area contributed by atoms with Crippen LogP contribution in [0.5, 0.6) is 0 Å². The molecule has 1 saturated heterocycles. The summed E-state index contributed by atoms with van der Waals surface area (Å²) in [5.41, 5.74) is 2.11. The van der Waals surface area contributed by atoms with Crippen LogP contribution >= 0.6 is 11.3 Å². The number of benzene rings is 1. The van der Waals surface area contributed by atoms with E-state index < -0.39 is 5.56 Å². The largest absolute Gasteiger partial charge is 0.463 e. The highest BCUT2D eigenvalue weighted by molar-refractivity contribution is 7.22. The van der Waals surface area contributed by atoms with Gasteiger partial charge in [0.05, 0.1) is 24.2 Å². The summed E-state index contributed by atoms with van der Waals surface area (Å²) < 4.78 is 12.8. The third-order valence-electron chi connectivity index (χ3n) is 5.15. The summed E-state index contributed by atoms with van der Waals surface area (Å²) in [5, 5.41) is 8.01. The minimum Gasteiger partial charge on any atom is -0.463 e. The minimum absolute atomic E-state index is 0.235. The summed E-state index contributed by atoms with van der Waals surface area (Å²) in [7, 11) is 0. The van der Waals surface area contributed by atoms with Crippen molar-refractivity contribution in [1.29, 1.82) is 0 Å². The molecule has 0 saturated carbocycles. The van der Waals surface area contributed by atoms with Crippen LogP contribution in [0.4, 0.5) is 10.8 Å². The molecule has 1 N–H and O–H groups in total. The average molecular weight is 452 g/mol. The molecule has 1 aliphatic rings. The summed E-state index contributed by atoms with van der Waals surface area (Å²) in [5.74, 6) is 0.164. The number of ether oxygens (including phenoxy) is 1. The van der Waals surface area contributed by atoms with Crippen LogP contribution in [0, 0.1) is 6.92 Å². The topological polar surface area (TPSA) is 102 Å². The second kappa shape index (κ2) is 8.56. The maximum absolute atomic E-state index is 13.2. The lowest BCUT2D eigenvalue weighted by Gasteiger charge is -2.25. The van der Waals surface area contributed by atoms with Crippen molar-refractivity contribution >= 4 is 38.3 Å². The van der Waals surface area contributed by atoms with Gasteiger partial charge in [-0.25, -0.2) is 9.67 Å². The molecule has 0 spiro atoms. The number of carbonyl (C=O) groups is 1. The fraction of sp³-hybridized carbons (Fsp3) is 0.273. The molecule has 3 aromatic heterocycles. The van der Waals surface area contributed by atoms with E-state index in [4.69, 9.17) is 9.15 Å². The zero-order valence-corrected chi connectivity index (χ0v) is 18.2. The third kappa shape index (κ3) is 4.02. The minimum atomic E-state index is -0.412. The highest BCUT2D eigenvalue weighted by atomic mass is 32.1. The Morgan fingerprint density at radius 3 is 2.69 bits per heavy atom. The maximum Gasteiger partial charge on any atom is 0.294 e. The van der Waals surface area contributed by atoms with Crippen molar-refractivity contribution in [2.45, 2.75) is 13.5 Å². The summed E-state index contributed by atoms with van der Waals surface area (Å²) >= 11 is 1.40. The smallest absolute Gasteiger partial charge is 0.294 e. The van der Waals surface area contributed by atoms with Crippen LogP contribution < -0.4 is 15.8 Å². The van der Waals surface area contributed by atoms with Gasteiger partial charge in [-0.15, -0.1) is 0 Å². The fourth-order valence-electron chi connectivity index (χ4n) is 3.49. The van der Waals surface area contributed by atoms with E-state index in [1.165, 1.54) is 11.3 Å². The molecule has 4 heterocycles. The van der Waals surface area contributed by atoms with E-state index in [1.54, 1.807) is 18.4 Å². The molecule has 164 valence electrons.